The number of carbonyl (C=O) groups excluding carboxylic acids is 3. The molecule has 0 aliphatic rings. The van der Waals surface area contributed by atoms with Gasteiger partial charge in [0.05, 0.1) is 12.5 Å². The molecule has 0 rings (SSSR count). The van der Waals surface area contributed by atoms with Crippen molar-refractivity contribution in [1.29, 1.82) is 0 Å². The second-order valence-corrected chi connectivity index (χ2v) is 13.3. The molecule has 1 unspecified atom stereocenters. The van der Waals surface area contributed by atoms with Crippen molar-refractivity contribution >= 4 is 18.2 Å². The second kappa shape index (κ2) is 32.9. The molecule has 0 bridgehead atoms. The van der Waals surface area contributed by atoms with E-state index in [-0.39, 0.29) is 18.3 Å². The Morgan fingerprint density at radius 3 is 1.34 bits per heavy atom. The predicted molar refractivity (Wildman–Crippen MR) is 185 cm³/mol. The largest absolute Gasteiger partial charge is 0.462 e. The van der Waals surface area contributed by atoms with Crippen LogP contribution in [0.15, 0.2) is 0 Å². The molecule has 3 atom stereocenters. The van der Waals surface area contributed by atoms with Crippen LogP contribution in [-0.4, -0.2) is 41.5 Å². The van der Waals surface area contributed by atoms with Gasteiger partial charge in [-0.1, -0.05) is 168 Å². The maximum absolute atomic E-state index is 12.6. The molecule has 2 N–H and O–H groups in total. The van der Waals surface area contributed by atoms with Gasteiger partial charge in [0.25, 0.3) is 0 Å². The number of esters is 1. The molecule has 0 fully saturated rings. The van der Waals surface area contributed by atoms with Gasteiger partial charge in [0.2, 0.25) is 5.91 Å². The lowest BCUT2D eigenvalue weighted by molar-refractivity contribution is -0.151. The van der Waals surface area contributed by atoms with Gasteiger partial charge in [-0.25, -0.2) is 0 Å². The zero-order chi connectivity index (χ0) is 32.5. The zero-order valence-electron chi connectivity index (χ0n) is 29.4. The van der Waals surface area contributed by atoms with Gasteiger partial charge in [0, 0.05) is 6.42 Å². The van der Waals surface area contributed by atoms with Crippen molar-refractivity contribution in [3.05, 3.63) is 0 Å². The van der Waals surface area contributed by atoms with E-state index in [0.29, 0.717) is 19.1 Å². The summed E-state index contributed by atoms with van der Waals surface area (Å²) >= 11 is 0. The molecule has 0 aliphatic heterocycles. The van der Waals surface area contributed by atoms with Gasteiger partial charge in [0.1, 0.15) is 18.4 Å². The molecule has 0 radical (unpaired) electrons. The number of amides is 1. The summed E-state index contributed by atoms with van der Waals surface area (Å²) in [5, 5.41) is 12.3. The van der Waals surface area contributed by atoms with Crippen molar-refractivity contribution in [2.45, 2.75) is 225 Å². The van der Waals surface area contributed by atoms with Crippen LogP contribution in [0.2, 0.25) is 0 Å². The third kappa shape index (κ3) is 29.3. The summed E-state index contributed by atoms with van der Waals surface area (Å²) in [6, 6.07) is -0.944. The number of ether oxygens (including phenoxy) is 1. The normalized spacial score (nSPS) is 13.4. The number of nitrogens with one attached hydrogen (secondary N) is 1. The lowest BCUT2D eigenvalue weighted by atomic mass is 10.0. The number of hydrogen-bond donors (Lipinski definition) is 2. The Balaban J connectivity index is 4.19. The molecule has 0 aromatic rings. The number of carbonyl (C=O) groups is 3. The van der Waals surface area contributed by atoms with E-state index in [0.717, 1.165) is 38.5 Å². The number of rotatable bonds is 34. The lowest BCUT2D eigenvalue weighted by Gasteiger charge is -2.20. The summed E-state index contributed by atoms with van der Waals surface area (Å²) in [5.41, 5.74) is 0. The van der Waals surface area contributed by atoms with Crippen LogP contribution in [-0.2, 0) is 19.1 Å². The van der Waals surface area contributed by atoms with Crippen LogP contribution >= 0.6 is 0 Å². The Hall–Kier alpha value is -1.43. The van der Waals surface area contributed by atoms with Crippen molar-refractivity contribution in [2.24, 2.45) is 0 Å². The molecule has 260 valence electrons. The van der Waals surface area contributed by atoms with E-state index in [9.17, 15) is 19.5 Å². The van der Waals surface area contributed by atoms with Crippen molar-refractivity contribution in [1.82, 2.24) is 5.32 Å². The molecule has 1 amide bonds. The van der Waals surface area contributed by atoms with Gasteiger partial charge < -0.3 is 20.0 Å². The molecule has 0 saturated carbocycles. The molecule has 6 nitrogen and oxygen atoms in total. The van der Waals surface area contributed by atoms with Crippen LogP contribution < -0.4 is 5.32 Å². The van der Waals surface area contributed by atoms with Crippen LogP contribution in [0.1, 0.15) is 207 Å². The smallest absolute Gasteiger partial charge is 0.306 e. The molecular formula is C38H73NO5. The first-order valence-corrected chi connectivity index (χ1v) is 19.1. The van der Waals surface area contributed by atoms with Gasteiger partial charge in [-0.3, -0.25) is 9.59 Å². The fraction of sp³-hybridized carbons (Fsp3) is 0.921. The highest BCUT2D eigenvalue weighted by atomic mass is 16.5. The maximum atomic E-state index is 12.6. The molecule has 0 aromatic heterocycles. The van der Waals surface area contributed by atoms with Crippen LogP contribution in [0.25, 0.3) is 0 Å². The van der Waals surface area contributed by atoms with Crippen LogP contribution in [0, 0.1) is 0 Å². The fourth-order valence-electron chi connectivity index (χ4n) is 5.84. The standard InChI is InChI=1S/C38H73NO5/c1-4-6-8-10-12-14-16-18-20-22-24-26-28-30-35(32-37(42)39-36(33-40)34(3)41)44-38(43)31-29-27-25-23-21-19-17-15-13-11-9-7-5-2/h33-36,41H,4-32H2,1-3H3,(H,39,42)/t34-,35?,36-/m1/s1. The van der Waals surface area contributed by atoms with Crippen molar-refractivity contribution in [3.8, 4) is 0 Å². The number of unbranched alkanes of at least 4 members (excludes halogenated alkanes) is 24. The van der Waals surface area contributed by atoms with E-state index in [2.05, 4.69) is 19.2 Å². The zero-order valence-corrected chi connectivity index (χ0v) is 29.4. The lowest BCUT2D eigenvalue weighted by Crippen LogP contribution is -2.44. The van der Waals surface area contributed by atoms with Gasteiger partial charge in [-0.2, -0.15) is 0 Å². The van der Waals surface area contributed by atoms with E-state index in [1.165, 1.54) is 135 Å². The van der Waals surface area contributed by atoms with Crippen LogP contribution in [0.4, 0.5) is 0 Å². The number of aldehydes is 1. The number of hydrogen-bond acceptors (Lipinski definition) is 5. The summed E-state index contributed by atoms with van der Waals surface area (Å²) < 4.78 is 5.76. The van der Waals surface area contributed by atoms with E-state index in [1.807, 2.05) is 0 Å². The Bertz CT molecular complexity index is 653. The summed E-state index contributed by atoms with van der Waals surface area (Å²) in [7, 11) is 0. The van der Waals surface area contributed by atoms with Crippen LogP contribution in [0.3, 0.4) is 0 Å². The fourth-order valence-corrected chi connectivity index (χ4v) is 5.84. The minimum Gasteiger partial charge on any atom is -0.462 e. The summed E-state index contributed by atoms with van der Waals surface area (Å²) in [6.07, 6.45) is 33.0. The van der Waals surface area contributed by atoms with Crippen molar-refractivity contribution < 1.29 is 24.2 Å². The van der Waals surface area contributed by atoms with E-state index in [4.69, 9.17) is 4.74 Å². The van der Waals surface area contributed by atoms with Crippen LogP contribution in [0.5, 0.6) is 0 Å². The van der Waals surface area contributed by atoms with Gasteiger partial charge >= 0.3 is 5.97 Å². The third-order valence-corrected chi connectivity index (χ3v) is 8.82. The summed E-state index contributed by atoms with van der Waals surface area (Å²) in [5.74, 6) is -0.598. The molecule has 0 heterocycles. The molecule has 0 saturated heterocycles. The number of aliphatic hydroxyl groups excluding tert-OH is 1. The molecule has 0 aromatic carbocycles. The van der Waals surface area contributed by atoms with Crippen molar-refractivity contribution in [3.63, 3.8) is 0 Å². The SMILES string of the molecule is CCCCCCCCCCCCCCCC(=O)OC(CCCCCCCCCCCCCCC)CC(=O)N[C@H](C=O)[C@@H](C)O. The first-order valence-electron chi connectivity index (χ1n) is 19.1. The van der Waals surface area contributed by atoms with Gasteiger partial charge in [0.15, 0.2) is 0 Å². The molecule has 0 aliphatic carbocycles. The minimum absolute atomic E-state index is 0.0274. The van der Waals surface area contributed by atoms with Gasteiger partial charge in [-0.05, 0) is 26.2 Å². The molecule has 44 heavy (non-hydrogen) atoms. The third-order valence-electron chi connectivity index (χ3n) is 8.82. The van der Waals surface area contributed by atoms with Gasteiger partial charge in [-0.15, -0.1) is 0 Å². The average Bonchev–Trinajstić information content (AvgIpc) is 3.00. The highest BCUT2D eigenvalue weighted by molar-refractivity contribution is 5.80. The highest BCUT2D eigenvalue weighted by Gasteiger charge is 2.22. The van der Waals surface area contributed by atoms with E-state index >= 15 is 0 Å². The van der Waals surface area contributed by atoms with E-state index in [1.54, 1.807) is 0 Å². The Morgan fingerprint density at radius 2 is 0.977 bits per heavy atom. The quantitative estimate of drug-likeness (QED) is 0.0423. The topological polar surface area (TPSA) is 92.7 Å². The summed E-state index contributed by atoms with van der Waals surface area (Å²) in [6.45, 7) is 5.99. The first kappa shape index (κ1) is 42.6. The maximum Gasteiger partial charge on any atom is 0.306 e. The highest BCUT2D eigenvalue weighted by Crippen LogP contribution is 2.17. The molecule has 0 spiro atoms. The monoisotopic (exact) mass is 624 g/mol. The average molecular weight is 624 g/mol. The second-order valence-electron chi connectivity index (χ2n) is 13.3. The number of aliphatic hydroxyl groups is 1. The Kier molecular flexibility index (Phi) is 31.9. The van der Waals surface area contributed by atoms with Crippen molar-refractivity contribution in [2.75, 3.05) is 0 Å². The van der Waals surface area contributed by atoms with E-state index < -0.39 is 18.2 Å². The molecule has 6 heteroatoms. The predicted octanol–water partition coefficient (Wildman–Crippen LogP) is 10.3. The molecular weight excluding hydrogens is 550 g/mol. The Labute approximate surface area is 272 Å². The first-order chi connectivity index (χ1) is 21.4. The minimum atomic E-state index is -0.964. The summed E-state index contributed by atoms with van der Waals surface area (Å²) in [4.78, 5) is 36.4. The Morgan fingerprint density at radius 1 is 0.614 bits per heavy atom.